The van der Waals surface area contributed by atoms with Crippen molar-refractivity contribution in [2.24, 2.45) is 0 Å². The molecule has 6 aromatic carbocycles. The summed E-state index contributed by atoms with van der Waals surface area (Å²) >= 11 is 0. The van der Waals surface area contributed by atoms with Gasteiger partial charge in [-0.3, -0.25) is 0 Å². The molecule has 0 unspecified atom stereocenters. The van der Waals surface area contributed by atoms with Gasteiger partial charge in [0, 0.05) is 6.61 Å². The number of benzene rings is 6. The first-order valence-corrected chi connectivity index (χ1v) is 20.2. The maximum atomic E-state index is 9.12. The van der Waals surface area contributed by atoms with Gasteiger partial charge in [0.1, 0.15) is 57.7 Å². The standard InChI is InChI=1S/C46H48O4P/c47-36-16-5-3-1-2-4-6-17-37-51(44-30-24-41(25-31-44)48-38-18-10-7-11-19-38,45-32-26-42(27-33-45)49-39-20-12-8-13-21-39)46-34-28-43(29-35-46)50-40-22-14-9-15-23-40/h7-15,18-35,47H,1-6,16-17,36-37H2/q+1. The quantitative estimate of drug-likeness (QED) is 0.0677. The van der Waals surface area contributed by atoms with Crippen LogP contribution in [0.2, 0.25) is 0 Å². The van der Waals surface area contributed by atoms with E-state index in [4.69, 9.17) is 19.3 Å². The highest BCUT2D eigenvalue weighted by atomic mass is 31.2. The van der Waals surface area contributed by atoms with E-state index in [0.29, 0.717) is 6.61 Å². The van der Waals surface area contributed by atoms with E-state index >= 15 is 0 Å². The van der Waals surface area contributed by atoms with Crippen molar-refractivity contribution in [1.82, 2.24) is 0 Å². The van der Waals surface area contributed by atoms with Crippen molar-refractivity contribution >= 4 is 23.2 Å². The third-order valence-corrected chi connectivity index (χ3v) is 13.7. The molecule has 0 saturated heterocycles. The Morgan fingerprint density at radius 3 is 0.902 bits per heavy atom. The molecule has 0 aliphatic carbocycles. The molecule has 0 spiro atoms. The predicted molar refractivity (Wildman–Crippen MR) is 214 cm³/mol. The van der Waals surface area contributed by atoms with Crippen molar-refractivity contribution in [1.29, 1.82) is 0 Å². The third-order valence-electron chi connectivity index (χ3n) is 9.17. The van der Waals surface area contributed by atoms with E-state index < -0.39 is 7.26 Å². The normalized spacial score (nSPS) is 11.2. The first kappa shape index (κ1) is 35.9. The van der Waals surface area contributed by atoms with E-state index in [1.807, 2.05) is 91.0 Å². The van der Waals surface area contributed by atoms with Gasteiger partial charge in [-0.1, -0.05) is 86.7 Å². The summed E-state index contributed by atoms with van der Waals surface area (Å²) < 4.78 is 18.7. The molecule has 0 bridgehead atoms. The van der Waals surface area contributed by atoms with Crippen molar-refractivity contribution in [3.05, 3.63) is 164 Å². The highest BCUT2D eigenvalue weighted by Gasteiger charge is 2.45. The molecule has 4 nitrogen and oxygen atoms in total. The molecule has 260 valence electrons. The minimum atomic E-state index is -2.12. The molecule has 1 N–H and O–H groups in total. The van der Waals surface area contributed by atoms with Crippen LogP contribution in [0.1, 0.15) is 51.4 Å². The highest BCUT2D eigenvalue weighted by molar-refractivity contribution is 7.95. The summed E-state index contributed by atoms with van der Waals surface area (Å²) in [5, 5.41) is 13.1. The van der Waals surface area contributed by atoms with Crippen molar-refractivity contribution < 1.29 is 19.3 Å². The summed E-state index contributed by atoms with van der Waals surface area (Å²) in [5.41, 5.74) is 0. The van der Waals surface area contributed by atoms with Crippen LogP contribution in [-0.2, 0) is 0 Å². The second kappa shape index (κ2) is 18.9. The average molecular weight is 696 g/mol. The van der Waals surface area contributed by atoms with Crippen molar-refractivity contribution in [2.45, 2.75) is 51.4 Å². The number of ether oxygens (including phenoxy) is 3. The second-order valence-corrected chi connectivity index (χ2v) is 16.4. The van der Waals surface area contributed by atoms with Gasteiger partial charge >= 0.3 is 0 Å². The monoisotopic (exact) mass is 695 g/mol. The lowest BCUT2D eigenvalue weighted by Crippen LogP contribution is -2.33. The summed E-state index contributed by atoms with van der Waals surface area (Å²) in [6.07, 6.45) is 10.3. The Balaban J connectivity index is 1.33. The Bertz CT molecular complexity index is 1640. The van der Waals surface area contributed by atoms with E-state index in [-0.39, 0.29) is 0 Å². The number of rotatable bonds is 19. The minimum absolute atomic E-state index is 0.296. The maximum absolute atomic E-state index is 9.12. The number of hydrogen-bond donors (Lipinski definition) is 1. The zero-order valence-corrected chi connectivity index (χ0v) is 30.2. The average Bonchev–Trinajstić information content (AvgIpc) is 3.18. The fraction of sp³-hybridized carbons (Fsp3) is 0.217. The molecule has 0 saturated carbocycles. The van der Waals surface area contributed by atoms with Gasteiger partial charge in [-0.2, -0.15) is 0 Å². The van der Waals surface area contributed by atoms with E-state index in [2.05, 4.69) is 72.8 Å². The first-order chi connectivity index (χ1) is 25.2. The molecule has 0 atom stereocenters. The lowest BCUT2D eigenvalue weighted by Gasteiger charge is -2.28. The Kier molecular flexibility index (Phi) is 13.3. The fourth-order valence-electron chi connectivity index (χ4n) is 6.54. The molecule has 0 aromatic heterocycles. The zero-order chi connectivity index (χ0) is 35.0. The molecule has 5 heteroatoms. The predicted octanol–water partition coefficient (Wildman–Crippen LogP) is 11.5. The molecule has 0 fully saturated rings. The summed E-state index contributed by atoms with van der Waals surface area (Å²) in [5.74, 6) is 4.94. The number of unbranched alkanes of at least 4 members (excludes halogenated alkanes) is 7. The van der Waals surface area contributed by atoms with E-state index in [0.717, 1.165) is 59.9 Å². The molecule has 0 aliphatic heterocycles. The minimum Gasteiger partial charge on any atom is -0.457 e. The Labute approximate surface area is 304 Å². The van der Waals surface area contributed by atoms with Crippen molar-refractivity contribution in [3.8, 4) is 34.5 Å². The van der Waals surface area contributed by atoms with Crippen LogP contribution >= 0.6 is 7.26 Å². The summed E-state index contributed by atoms with van der Waals surface area (Å²) in [7, 11) is -2.12. The molecule has 0 heterocycles. The van der Waals surface area contributed by atoms with Crippen LogP contribution in [0.3, 0.4) is 0 Å². The van der Waals surface area contributed by atoms with Gasteiger partial charge in [0.25, 0.3) is 0 Å². The maximum Gasteiger partial charge on any atom is 0.127 e. The Hall–Kier alpha value is -4.89. The Morgan fingerprint density at radius 2 is 0.588 bits per heavy atom. The Morgan fingerprint density at radius 1 is 0.314 bits per heavy atom. The van der Waals surface area contributed by atoms with Gasteiger partial charge in [0.05, 0.1) is 6.16 Å². The topological polar surface area (TPSA) is 47.9 Å². The van der Waals surface area contributed by atoms with Gasteiger partial charge in [0.15, 0.2) is 0 Å². The number of aliphatic hydroxyl groups is 1. The summed E-state index contributed by atoms with van der Waals surface area (Å²) in [4.78, 5) is 0. The van der Waals surface area contributed by atoms with Gasteiger partial charge in [0.2, 0.25) is 0 Å². The van der Waals surface area contributed by atoms with Crippen LogP contribution < -0.4 is 30.1 Å². The van der Waals surface area contributed by atoms with Gasteiger partial charge in [-0.05, 0) is 128 Å². The van der Waals surface area contributed by atoms with Gasteiger partial charge in [-0.25, -0.2) is 0 Å². The molecule has 6 aromatic rings. The van der Waals surface area contributed by atoms with Crippen LogP contribution in [0.4, 0.5) is 0 Å². The number of hydrogen-bond acceptors (Lipinski definition) is 4. The number of aliphatic hydroxyl groups excluding tert-OH is 1. The van der Waals surface area contributed by atoms with Crippen LogP contribution in [0, 0.1) is 0 Å². The molecule has 0 amide bonds. The van der Waals surface area contributed by atoms with Crippen LogP contribution in [0.5, 0.6) is 34.5 Å². The van der Waals surface area contributed by atoms with Crippen LogP contribution in [0.15, 0.2) is 164 Å². The van der Waals surface area contributed by atoms with Crippen molar-refractivity contribution in [2.75, 3.05) is 12.8 Å². The molecule has 51 heavy (non-hydrogen) atoms. The molecular weight excluding hydrogens is 647 g/mol. The van der Waals surface area contributed by atoms with Crippen LogP contribution in [-0.4, -0.2) is 17.9 Å². The highest BCUT2D eigenvalue weighted by Crippen LogP contribution is 2.56. The molecule has 0 aliphatic rings. The van der Waals surface area contributed by atoms with E-state index in [1.54, 1.807) is 0 Å². The third kappa shape index (κ3) is 10.1. The van der Waals surface area contributed by atoms with E-state index in [1.165, 1.54) is 48.0 Å². The van der Waals surface area contributed by atoms with E-state index in [9.17, 15) is 0 Å². The first-order valence-electron chi connectivity index (χ1n) is 18.2. The second-order valence-electron chi connectivity index (χ2n) is 12.8. The largest absolute Gasteiger partial charge is 0.457 e. The van der Waals surface area contributed by atoms with Crippen molar-refractivity contribution in [3.63, 3.8) is 0 Å². The summed E-state index contributed by atoms with van der Waals surface area (Å²) in [6.45, 7) is 0.296. The lowest BCUT2D eigenvalue weighted by atomic mass is 10.1. The molecule has 6 rings (SSSR count). The zero-order valence-electron chi connectivity index (χ0n) is 29.3. The van der Waals surface area contributed by atoms with Gasteiger partial charge in [-0.15, -0.1) is 0 Å². The number of para-hydroxylation sites is 3. The summed E-state index contributed by atoms with van der Waals surface area (Å²) in [6, 6.07) is 56.2. The smallest absolute Gasteiger partial charge is 0.127 e. The molecule has 0 radical (unpaired) electrons. The lowest BCUT2D eigenvalue weighted by molar-refractivity contribution is 0.282. The SMILES string of the molecule is OCCCCCCCCCC[P+](c1ccc(Oc2ccccc2)cc1)(c1ccc(Oc2ccccc2)cc1)c1ccc(Oc2ccccc2)cc1. The van der Waals surface area contributed by atoms with Gasteiger partial charge < -0.3 is 19.3 Å². The fourth-order valence-corrected chi connectivity index (χ4v) is 10.9. The van der Waals surface area contributed by atoms with Crippen LogP contribution in [0.25, 0.3) is 0 Å². The molecular formula is C46H48O4P+.